The summed E-state index contributed by atoms with van der Waals surface area (Å²) in [6.07, 6.45) is -28.3. The Morgan fingerprint density at radius 3 is 0.859 bits per heavy atom. The minimum Gasteiger partial charge on any atom is -0.461 e. The Morgan fingerprint density at radius 1 is 0.305 bits per heavy atom. The van der Waals surface area contributed by atoms with E-state index < -0.39 is 191 Å². The first-order chi connectivity index (χ1) is 61.4. The summed E-state index contributed by atoms with van der Waals surface area (Å²) in [6, 6.07) is 47.7. The third-order valence-corrected chi connectivity index (χ3v) is 26.3. The van der Waals surface area contributed by atoms with E-state index in [4.69, 9.17) is 47.4 Å². The smallest absolute Gasteiger partial charge is 0.269 e. The number of hydrogen-bond donors (Lipinski definition) is 20. The maximum absolute atomic E-state index is 10.7. The number of thiophene rings is 5. The van der Waals surface area contributed by atoms with Crippen LogP contribution in [0.15, 0.2) is 179 Å². The Bertz CT molecular complexity index is 4980. The average Bonchev–Trinajstić information content (AvgIpc) is 0.865. The first-order valence-electron chi connectivity index (χ1n) is 41.1. The lowest BCUT2D eigenvalue weighted by Gasteiger charge is -2.39. The van der Waals surface area contributed by atoms with Crippen molar-refractivity contribution in [3.05, 3.63) is 263 Å². The zero-order valence-corrected chi connectivity index (χ0v) is 73.9. The second kappa shape index (κ2) is 47.9. The van der Waals surface area contributed by atoms with Crippen molar-refractivity contribution in [1.82, 2.24) is 0 Å². The van der Waals surface area contributed by atoms with Crippen LogP contribution in [0.3, 0.4) is 0 Å². The van der Waals surface area contributed by atoms with Crippen molar-refractivity contribution < 1.29 is 154 Å². The number of ether oxygens (including phenoxy) is 10. The average molecular weight is 1880 g/mol. The van der Waals surface area contributed by atoms with Gasteiger partial charge < -0.3 is 149 Å². The molecular formula is C90H109NO32S5. The van der Waals surface area contributed by atoms with E-state index >= 15 is 0 Å². The molecule has 38 heteroatoms. The van der Waals surface area contributed by atoms with Crippen LogP contribution in [-0.4, -0.2) is 294 Å². The number of hydrogen-bond acceptors (Lipinski definition) is 37. The zero-order valence-electron chi connectivity index (χ0n) is 69.9. The second-order valence-electron chi connectivity index (χ2n) is 31.0. The van der Waals surface area contributed by atoms with E-state index in [1.807, 2.05) is 109 Å². The fourth-order valence-electron chi connectivity index (χ4n) is 14.1. The molecule has 5 aromatic heterocycles. The van der Waals surface area contributed by atoms with Crippen molar-refractivity contribution in [2.75, 3.05) is 33.0 Å². The van der Waals surface area contributed by atoms with Gasteiger partial charge in [0, 0.05) is 44.2 Å². The van der Waals surface area contributed by atoms with E-state index in [0.29, 0.717) is 60.9 Å². The number of nitro benzene ring substituents is 1. The Hall–Kier alpha value is -8.00. The van der Waals surface area contributed by atoms with Crippen LogP contribution in [-0.2, 0) is 62.2 Å². The van der Waals surface area contributed by atoms with Crippen molar-refractivity contribution >= 4 is 62.4 Å². The second-order valence-corrected chi connectivity index (χ2v) is 36.0. The van der Waals surface area contributed by atoms with Gasteiger partial charge in [0.25, 0.3) is 5.69 Å². The minimum absolute atomic E-state index is 0.00252. The van der Waals surface area contributed by atoms with Crippen molar-refractivity contribution in [3.63, 3.8) is 0 Å². The van der Waals surface area contributed by atoms with Crippen LogP contribution in [0.1, 0.15) is 81.4 Å². The van der Waals surface area contributed by atoms with Gasteiger partial charge in [-0.15, -0.1) is 56.7 Å². The Kier molecular flexibility index (Phi) is 37.6. The number of nitro groups is 1. The predicted octanol–water partition coefficient (Wildman–Crippen LogP) is 3.98. The highest BCUT2D eigenvalue weighted by atomic mass is 32.1. The molecule has 15 rings (SSSR count). The molecule has 33 nitrogen and oxygen atoms in total. The molecule has 5 aliphatic heterocycles. The quantitative estimate of drug-likeness (QED) is 0.0256. The van der Waals surface area contributed by atoms with Crippen LogP contribution in [0.5, 0.6) is 28.7 Å². The van der Waals surface area contributed by atoms with Gasteiger partial charge in [0.2, 0.25) is 31.5 Å². The highest BCUT2D eigenvalue weighted by Crippen LogP contribution is 2.39. The number of rotatable bonds is 27. The van der Waals surface area contributed by atoms with Crippen molar-refractivity contribution in [2.24, 2.45) is 0 Å². The van der Waals surface area contributed by atoms with Gasteiger partial charge in [-0.1, -0.05) is 127 Å². The lowest BCUT2D eigenvalue weighted by atomic mass is 9.99. The zero-order chi connectivity index (χ0) is 92.2. The SMILES string of the molecule is CCc1ccc(Cc2sccc2OC2OC(CO)C(O)C(O)C2O)cc1.Cc1ccc(Cc2sccc2OC2OC(CO)C(O)C(O)C2O)cc1.Cc1cccc(Cc2sccc2OC2OC(CO)C(O)C(O)C2O)c1.Cc1ccccc1Cc1sccc1OC1OC(CO)C(O)C(O)C1O.O=[N+]([O-])c1ccc(Cc2sccc2OC2OC(CO)C(O)C(O)C2O)cc1. The molecule has 5 saturated heterocycles. The number of non-ortho nitro benzene ring substituents is 1. The molecule has 20 N–H and O–H groups in total. The highest BCUT2D eigenvalue weighted by molar-refractivity contribution is 7.11. The van der Waals surface area contributed by atoms with Crippen LogP contribution in [0.4, 0.5) is 5.69 Å². The molecule has 0 amide bonds. The van der Waals surface area contributed by atoms with Crippen molar-refractivity contribution in [2.45, 2.75) is 220 Å². The Balaban J connectivity index is 0.000000155. The lowest BCUT2D eigenvalue weighted by molar-refractivity contribution is -0.384. The summed E-state index contributed by atoms with van der Waals surface area (Å²) in [4.78, 5) is 14.9. The number of benzene rings is 5. The summed E-state index contributed by atoms with van der Waals surface area (Å²) in [6.45, 7) is 5.75. The fraction of sp³-hybridized carbons (Fsp3) is 0.444. The normalized spacial score (nSPS) is 29.1. The third kappa shape index (κ3) is 26.1. The van der Waals surface area contributed by atoms with Gasteiger partial charge in [-0.2, -0.15) is 0 Å². The molecule has 0 aliphatic carbocycles. The molecule has 5 fully saturated rings. The van der Waals surface area contributed by atoms with E-state index in [0.717, 1.165) is 53.1 Å². The number of aliphatic hydroxyl groups is 20. The monoisotopic (exact) mass is 1880 g/mol. The number of aryl methyl sites for hydroxylation is 4. The molecule has 0 spiro atoms. The third-order valence-electron chi connectivity index (χ3n) is 21.8. The van der Waals surface area contributed by atoms with Crippen LogP contribution in [0, 0.1) is 30.9 Å². The molecule has 10 aromatic rings. The van der Waals surface area contributed by atoms with E-state index in [1.54, 1.807) is 47.8 Å². The molecule has 5 aromatic carbocycles. The maximum atomic E-state index is 10.7. The minimum atomic E-state index is -1.52. The summed E-state index contributed by atoms with van der Waals surface area (Å²) in [5.74, 6) is 2.63. The lowest BCUT2D eigenvalue weighted by Crippen LogP contribution is -2.60. The van der Waals surface area contributed by atoms with Crippen LogP contribution >= 0.6 is 56.7 Å². The summed E-state index contributed by atoms with van der Waals surface area (Å²) in [5.41, 5.74) is 10.2. The molecule has 25 atom stereocenters. The molecule has 128 heavy (non-hydrogen) atoms. The Morgan fingerprint density at radius 2 is 0.578 bits per heavy atom. The largest absolute Gasteiger partial charge is 0.461 e. The van der Waals surface area contributed by atoms with Gasteiger partial charge in [0.15, 0.2) is 0 Å². The molecule has 0 radical (unpaired) electrons. The first-order valence-corrected chi connectivity index (χ1v) is 45.5. The van der Waals surface area contributed by atoms with Gasteiger partial charge in [-0.05, 0) is 123 Å². The molecule has 0 bridgehead atoms. The van der Waals surface area contributed by atoms with E-state index in [9.17, 15) is 112 Å². The number of aliphatic hydroxyl groups excluding tert-OH is 20. The molecule has 25 unspecified atom stereocenters. The molecule has 5 aliphatic rings. The molecule has 10 heterocycles. The first kappa shape index (κ1) is 101. The van der Waals surface area contributed by atoms with Gasteiger partial charge >= 0.3 is 0 Å². The van der Waals surface area contributed by atoms with Gasteiger partial charge in [0.05, 0.1) is 62.3 Å². The summed E-state index contributed by atoms with van der Waals surface area (Å²) < 4.78 is 55.6. The summed E-state index contributed by atoms with van der Waals surface area (Å²) >= 11 is 7.50. The fourth-order valence-corrected chi connectivity index (χ4v) is 18.3. The molecule has 0 saturated carbocycles. The summed E-state index contributed by atoms with van der Waals surface area (Å²) in [5, 5.41) is 215. The maximum Gasteiger partial charge on any atom is 0.269 e. The van der Waals surface area contributed by atoms with Crippen LogP contribution in [0.25, 0.3) is 0 Å². The van der Waals surface area contributed by atoms with Crippen molar-refractivity contribution in [3.8, 4) is 28.7 Å². The van der Waals surface area contributed by atoms with Crippen LogP contribution in [0.2, 0.25) is 0 Å². The standard InChI is InChI=1S/C19H24O6S.3C18H22O6S.C17H19NO8S/c1-2-11-3-5-12(6-4-11)9-15-13(7-8-26-15)24-19-18(23)17(22)16(21)14(10-20)25-19;1-10-2-4-11(5-3-10)8-14-12(6-7-25-14)23-18-17(22)16(21)15(20)13(9-19)24-18;1-10-3-2-4-11(7-10)8-14-12(5-6-25-14)23-18-17(22)16(21)15(20)13(9-19)24-18;1-10-4-2-3-5-11(10)8-14-12(6-7-25-14)23-18-17(22)16(21)15(20)13(9-19)24-18;19-8-12-14(20)15(21)16(22)17(26-12)25-11-5-6-27-13(11)7-9-1-3-10(4-2-9)18(23)24/h3-8,14,16-23H,2,9-10H2,1H3;3*2-7,13,15-22H,8-9H2,1H3;1-6,12,14-17,19-22H,7-8H2. The van der Waals surface area contributed by atoms with Crippen molar-refractivity contribution in [1.29, 1.82) is 0 Å². The van der Waals surface area contributed by atoms with E-state index in [2.05, 4.69) is 37.3 Å². The van der Waals surface area contributed by atoms with E-state index in [1.165, 1.54) is 96.6 Å². The Labute approximate surface area is 756 Å². The highest BCUT2D eigenvalue weighted by Gasteiger charge is 2.50. The van der Waals surface area contributed by atoms with E-state index in [-0.39, 0.29) is 5.69 Å². The van der Waals surface area contributed by atoms with Crippen LogP contribution < -0.4 is 23.7 Å². The topological polar surface area (TPSA) is 540 Å². The van der Waals surface area contributed by atoms with Gasteiger partial charge in [0.1, 0.15) is 151 Å². The van der Waals surface area contributed by atoms with Gasteiger partial charge in [-0.25, -0.2) is 0 Å². The summed E-state index contributed by atoms with van der Waals surface area (Å²) in [7, 11) is 0. The number of nitrogens with zero attached hydrogens (tertiary/aromatic N) is 1. The molecule has 696 valence electrons. The van der Waals surface area contributed by atoms with Gasteiger partial charge in [-0.3, -0.25) is 10.1 Å². The predicted molar refractivity (Wildman–Crippen MR) is 470 cm³/mol. The molecular weight excluding hydrogens is 1770 g/mol.